The van der Waals surface area contributed by atoms with Crippen molar-refractivity contribution >= 4 is 17.5 Å². The molecule has 0 aliphatic carbocycles. The van der Waals surface area contributed by atoms with Crippen molar-refractivity contribution in [1.82, 2.24) is 5.32 Å². The van der Waals surface area contributed by atoms with E-state index in [-0.39, 0.29) is 19.4 Å². The van der Waals surface area contributed by atoms with Gasteiger partial charge in [0.2, 0.25) is 6.10 Å². The molecular weight excluding hydrogens is 449 g/mol. The Hall–Kier alpha value is -3.03. The third-order valence-electron chi connectivity index (χ3n) is 5.78. The number of hydrogen-bond acceptors (Lipinski definition) is 6. The molecule has 0 saturated carbocycles. The van der Waals surface area contributed by atoms with Gasteiger partial charge in [-0.05, 0) is 49.6 Å². The second-order valence-corrected chi connectivity index (χ2v) is 9.24. The average molecular weight is 484 g/mol. The number of ether oxygens (including phenoxy) is 3. The molecule has 0 bridgehead atoms. The smallest absolute Gasteiger partial charge is 0.348 e. The number of likely N-dealkylation sites (N-methyl/N-ethyl adjacent to an activating group) is 1. The fourth-order valence-electron chi connectivity index (χ4n) is 3.86. The minimum Gasteiger partial charge on any atom is -0.458 e. The summed E-state index contributed by atoms with van der Waals surface area (Å²) in [7, 11) is 1.56. The first-order valence-electron chi connectivity index (χ1n) is 11.9. The van der Waals surface area contributed by atoms with E-state index >= 15 is 0 Å². The van der Waals surface area contributed by atoms with Gasteiger partial charge < -0.3 is 19.5 Å². The van der Waals surface area contributed by atoms with Crippen LogP contribution in [0.1, 0.15) is 43.4 Å². The van der Waals surface area contributed by atoms with Crippen molar-refractivity contribution in [2.45, 2.75) is 57.5 Å². The zero-order valence-corrected chi connectivity index (χ0v) is 20.6. The van der Waals surface area contributed by atoms with Gasteiger partial charge in [0.05, 0.1) is 13.2 Å². The van der Waals surface area contributed by atoms with Gasteiger partial charge in [0, 0.05) is 12.8 Å². The molecule has 3 rings (SSSR count). The summed E-state index contributed by atoms with van der Waals surface area (Å²) in [5.41, 5.74) is 2.39. The Morgan fingerprint density at radius 1 is 1.06 bits per heavy atom. The van der Waals surface area contributed by atoms with E-state index in [0.717, 1.165) is 23.1 Å². The predicted molar refractivity (Wildman–Crippen MR) is 132 cm³/mol. The van der Waals surface area contributed by atoms with E-state index in [0.29, 0.717) is 13.2 Å². The Balaban J connectivity index is 1.72. The molecule has 0 amide bonds. The lowest BCUT2D eigenvalue weighted by Crippen LogP contribution is -2.43. The molecule has 188 valence electrons. The number of carbonyl (C=O) groups excluding carboxylic acids is 2. The van der Waals surface area contributed by atoms with Gasteiger partial charge in [0.25, 0.3) is 0 Å². The predicted octanol–water partition coefficient (Wildman–Crippen LogP) is 4.41. The summed E-state index contributed by atoms with van der Waals surface area (Å²) in [4.78, 5) is 25.8. The van der Waals surface area contributed by atoms with Crippen LogP contribution in [0, 0.1) is 0 Å². The second kappa shape index (κ2) is 12.6. The van der Waals surface area contributed by atoms with Gasteiger partial charge in [0.15, 0.2) is 0 Å². The highest BCUT2D eigenvalue weighted by atomic mass is 19.1. The van der Waals surface area contributed by atoms with Crippen molar-refractivity contribution in [3.05, 3.63) is 77.4 Å². The van der Waals surface area contributed by atoms with E-state index in [1.165, 1.54) is 19.4 Å². The molecule has 1 N–H and O–H groups in total. The lowest BCUT2D eigenvalue weighted by atomic mass is 9.98. The first-order chi connectivity index (χ1) is 16.7. The number of hydrogen-bond donors (Lipinski definition) is 1. The quantitative estimate of drug-likeness (QED) is 0.477. The maximum atomic E-state index is 14.2. The number of halogens is 1. The molecule has 2 atom stereocenters. The highest BCUT2D eigenvalue weighted by Crippen LogP contribution is 2.23. The summed E-state index contributed by atoms with van der Waals surface area (Å²) in [6.45, 7) is 4.15. The maximum absolute atomic E-state index is 14.2. The molecular formula is C28H34FNO5. The largest absolute Gasteiger partial charge is 0.458 e. The monoisotopic (exact) mass is 483 g/mol. The molecule has 1 aliphatic rings. The van der Waals surface area contributed by atoms with Crippen LogP contribution in [0.4, 0.5) is 4.39 Å². The molecule has 1 heterocycles. The van der Waals surface area contributed by atoms with Crippen LogP contribution in [-0.2, 0) is 36.8 Å². The van der Waals surface area contributed by atoms with Gasteiger partial charge in [-0.1, -0.05) is 60.7 Å². The van der Waals surface area contributed by atoms with Crippen LogP contribution in [-0.4, -0.2) is 50.0 Å². The first kappa shape index (κ1) is 26.6. The normalized spacial score (nSPS) is 15.6. The van der Waals surface area contributed by atoms with Crippen LogP contribution >= 0.6 is 0 Å². The van der Waals surface area contributed by atoms with Gasteiger partial charge in [-0.25, -0.2) is 9.18 Å². The van der Waals surface area contributed by atoms with Gasteiger partial charge in [0.1, 0.15) is 18.3 Å². The lowest BCUT2D eigenvalue weighted by Gasteiger charge is -2.24. The second-order valence-electron chi connectivity index (χ2n) is 9.24. The number of rotatable bonds is 11. The van der Waals surface area contributed by atoms with Gasteiger partial charge in [-0.2, -0.15) is 0 Å². The van der Waals surface area contributed by atoms with Crippen molar-refractivity contribution in [3.63, 3.8) is 0 Å². The molecule has 1 aliphatic heterocycles. The van der Waals surface area contributed by atoms with Crippen LogP contribution in [0.3, 0.4) is 0 Å². The van der Waals surface area contributed by atoms with Gasteiger partial charge in [-0.15, -0.1) is 0 Å². The summed E-state index contributed by atoms with van der Waals surface area (Å²) in [6.07, 6.45) is 1.83. The number of esters is 2. The Morgan fingerprint density at radius 3 is 2.37 bits per heavy atom. The fourth-order valence-corrected chi connectivity index (χ4v) is 3.86. The molecule has 0 radical (unpaired) electrons. The van der Waals surface area contributed by atoms with Crippen LogP contribution < -0.4 is 5.32 Å². The van der Waals surface area contributed by atoms with Crippen molar-refractivity contribution in [2.75, 3.05) is 20.3 Å². The molecule has 0 aromatic heterocycles. The summed E-state index contributed by atoms with van der Waals surface area (Å²) >= 11 is 0. The standard InChI is InChI=1S/C28H34FNO5/c1-28(2,29)18-24(30-3)26(31)35-25(27(32)34-19-21-7-5-4-6-8-21)17-20-9-11-22(12-10-20)23-13-15-33-16-14-23/h4-13,24-25,30H,14-19H2,1-3H3. The van der Waals surface area contributed by atoms with Gasteiger partial charge >= 0.3 is 11.9 Å². The van der Waals surface area contributed by atoms with Gasteiger partial charge in [-0.3, -0.25) is 4.79 Å². The highest BCUT2D eigenvalue weighted by Gasteiger charge is 2.32. The Kier molecular flexibility index (Phi) is 9.57. The van der Waals surface area contributed by atoms with E-state index in [9.17, 15) is 14.0 Å². The molecule has 6 nitrogen and oxygen atoms in total. The minimum atomic E-state index is -1.58. The van der Waals surface area contributed by atoms with Crippen molar-refractivity contribution in [2.24, 2.45) is 0 Å². The third kappa shape index (κ3) is 8.60. The molecule has 0 spiro atoms. The van der Waals surface area contributed by atoms with Crippen LogP contribution in [0.5, 0.6) is 0 Å². The van der Waals surface area contributed by atoms with E-state index in [2.05, 4.69) is 11.4 Å². The van der Waals surface area contributed by atoms with Crippen molar-refractivity contribution < 1.29 is 28.2 Å². The van der Waals surface area contributed by atoms with Crippen LogP contribution in [0.2, 0.25) is 0 Å². The van der Waals surface area contributed by atoms with E-state index in [4.69, 9.17) is 14.2 Å². The molecule has 2 unspecified atom stereocenters. The summed E-state index contributed by atoms with van der Waals surface area (Å²) in [5, 5.41) is 2.79. The number of benzene rings is 2. The molecule has 2 aromatic carbocycles. The zero-order chi connectivity index (χ0) is 25.3. The molecule has 0 fully saturated rings. The van der Waals surface area contributed by atoms with Crippen LogP contribution in [0.15, 0.2) is 60.7 Å². The topological polar surface area (TPSA) is 73.9 Å². The summed E-state index contributed by atoms with van der Waals surface area (Å²) in [5.74, 6) is -1.34. The molecule has 7 heteroatoms. The first-order valence-corrected chi connectivity index (χ1v) is 11.9. The lowest BCUT2D eigenvalue weighted by molar-refractivity contribution is -0.170. The van der Waals surface area contributed by atoms with Crippen molar-refractivity contribution in [3.8, 4) is 0 Å². The Morgan fingerprint density at radius 2 is 1.77 bits per heavy atom. The molecule has 35 heavy (non-hydrogen) atoms. The SMILES string of the molecule is CNC(CC(C)(C)F)C(=O)OC(Cc1ccc(C2=CCOCC2)cc1)C(=O)OCc1ccccc1. The number of alkyl halides is 1. The Labute approximate surface area is 206 Å². The average Bonchev–Trinajstić information content (AvgIpc) is 2.86. The summed E-state index contributed by atoms with van der Waals surface area (Å²) < 4.78 is 30.6. The molecule has 0 saturated heterocycles. The van der Waals surface area contributed by atoms with Crippen LogP contribution in [0.25, 0.3) is 5.57 Å². The van der Waals surface area contributed by atoms with Crippen molar-refractivity contribution in [1.29, 1.82) is 0 Å². The minimum absolute atomic E-state index is 0.0653. The Bertz CT molecular complexity index is 998. The highest BCUT2D eigenvalue weighted by molar-refractivity contribution is 5.82. The number of carbonyl (C=O) groups is 2. The molecule has 2 aromatic rings. The summed E-state index contributed by atoms with van der Waals surface area (Å²) in [6, 6.07) is 16.2. The van der Waals surface area contributed by atoms with E-state index < -0.39 is 29.8 Å². The third-order valence-corrected chi connectivity index (χ3v) is 5.78. The number of nitrogens with one attached hydrogen (secondary N) is 1. The van der Waals surface area contributed by atoms with E-state index in [1.54, 1.807) is 7.05 Å². The zero-order valence-electron chi connectivity index (χ0n) is 20.6. The van der Waals surface area contributed by atoms with E-state index in [1.807, 2.05) is 54.6 Å². The fraction of sp³-hybridized carbons (Fsp3) is 0.429. The maximum Gasteiger partial charge on any atom is 0.348 e.